The Bertz CT molecular complexity index is 346. The van der Waals surface area contributed by atoms with Crippen LogP contribution in [0.5, 0.6) is 0 Å². The lowest BCUT2D eigenvalue weighted by atomic mass is 10.0. The van der Waals surface area contributed by atoms with Crippen LogP contribution in [0.3, 0.4) is 0 Å². The van der Waals surface area contributed by atoms with E-state index in [2.05, 4.69) is 43.5 Å². The molecule has 0 saturated carbocycles. The summed E-state index contributed by atoms with van der Waals surface area (Å²) in [7, 11) is 0. The first-order chi connectivity index (χ1) is 7.70. The summed E-state index contributed by atoms with van der Waals surface area (Å²) in [6, 6.07) is -0.0206. The van der Waals surface area contributed by atoms with Gasteiger partial charge in [-0.15, -0.1) is 0 Å². The average Bonchev–Trinajstić information content (AvgIpc) is 2.41. The number of nitrogens with two attached hydrogens (primary N) is 1. The highest BCUT2D eigenvalue weighted by Gasteiger charge is 2.14. The molecule has 0 aromatic carbocycles. The lowest BCUT2D eigenvalue weighted by Gasteiger charge is -2.18. The van der Waals surface area contributed by atoms with Crippen LogP contribution >= 0.6 is 0 Å². The quantitative estimate of drug-likeness (QED) is 0.761. The van der Waals surface area contributed by atoms with Crippen LogP contribution in [0.4, 0.5) is 0 Å². The minimum Gasteiger partial charge on any atom is -0.387 e. The number of nitrogens with one attached hydrogen (secondary N) is 1. The smallest absolute Gasteiger partial charge is 0.0666 e. The van der Waals surface area contributed by atoms with Crippen molar-refractivity contribution in [2.75, 3.05) is 6.54 Å². The number of allylic oxidation sites excluding steroid dienone is 6. The third kappa shape index (κ3) is 3.11. The van der Waals surface area contributed by atoms with Gasteiger partial charge in [-0.1, -0.05) is 31.2 Å². The first-order valence-corrected chi connectivity index (χ1v) is 5.91. The van der Waals surface area contributed by atoms with Gasteiger partial charge < -0.3 is 11.1 Å². The average molecular weight is 218 g/mol. The third-order valence-corrected chi connectivity index (χ3v) is 2.73. The molecule has 16 heavy (non-hydrogen) atoms. The first kappa shape index (κ1) is 12.8. The molecular formula is C14H22N2. The van der Waals surface area contributed by atoms with Gasteiger partial charge in [-0.3, -0.25) is 0 Å². The highest BCUT2D eigenvalue weighted by molar-refractivity contribution is 5.44. The minimum atomic E-state index is -0.0206. The van der Waals surface area contributed by atoms with E-state index in [1.165, 1.54) is 11.1 Å². The van der Waals surface area contributed by atoms with E-state index in [0.717, 1.165) is 18.7 Å². The Morgan fingerprint density at radius 1 is 1.50 bits per heavy atom. The molecule has 0 aliphatic heterocycles. The van der Waals surface area contributed by atoms with Crippen molar-refractivity contribution in [3.05, 3.63) is 47.2 Å². The molecule has 3 N–H and O–H groups in total. The van der Waals surface area contributed by atoms with Crippen LogP contribution in [0, 0.1) is 0 Å². The van der Waals surface area contributed by atoms with Gasteiger partial charge >= 0.3 is 0 Å². The lowest BCUT2D eigenvalue weighted by Crippen LogP contribution is -2.32. The molecule has 1 aliphatic rings. The van der Waals surface area contributed by atoms with Crippen LogP contribution < -0.4 is 11.1 Å². The van der Waals surface area contributed by atoms with E-state index in [9.17, 15) is 0 Å². The SMILES string of the molecule is C/C=C\C1=C(C)C(N)C(NCCC)=CC=C1. The summed E-state index contributed by atoms with van der Waals surface area (Å²) in [5, 5.41) is 3.38. The van der Waals surface area contributed by atoms with Crippen LogP contribution in [-0.2, 0) is 0 Å². The molecule has 0 aromatic heterocycles. The van der Waals surface area contributed by atoms with Gasteiger partial charge in [-0.2, -0.15) is 0 Å². The van der Waals surface area contributed by atoms with Crippen molar-refractivity contribution in [1.29, 1.82) is 0 Å². The van der Waals surface area contributed by atoms with Gasteiger partial charge in [-0.05, 0) is 37.5 Å². The molecule has 0 radical (unpaired) electrons. The Hall–Kier alpha value is -1.28. The second kappa shape index (κ2) is 6.33. The van der Waals surface area contributed by atoms with E-state index in [1.807, 2.05) is 13.0 Å². The maximum atomic E-state index is 6.22. The van der Waals surface area contributed by atoms with Crippen LogP contribution in [-0.4, -0.2) is 12.6 Å². The summed E-state index contributed by atoms with van der Waals surface area (Å²) in [6.45, 7) is 7.24. The molecule has 2 heteroatoms. The molecule has 0 fully saturated rings. The normalized spacial score (nSPS) is 21.2. The fourth-order valence-electron chi connectivity index (χ4n) is 1.71. The predicted octanol–water partition coefficient (Wildman–Crippen LogP) is 2.66. The summed E-state index contributed by atoms with van der Waals surface area (Å²) >= 11 is 0. The summed E-state index contributed by atoms with van der Waals surface area (Å²) in [6.07, 6.45) is 11.5. The van der Waals surface area contributed by atoms with Gasteiger partial charge in [0.25, 0.3) is 0 Å². The summed E-state index contributed by atoms with van der Waals surface area (Å²) in [5.74, 6) is 0. The van der Waals surface area contributed by atoms with Gasteiger partial charge in [0.1, 0.15) is 0 Å². The Labute approximate surface area is 98.6 Å². The monoisotopic (exact) mass is 218 g/mol. The zero-order chi connectivity index (χ0) is 12.0. The molecule has 0 saturated heterocycles. The van der Waals surface area contributed by atoms with Gasteiger partial charge in [0.15, 0.2) is 0 Å². The van der Waals surface area contributed by atoms with E-state index in [1.54, 1.807) is 0 Å². The van der Waals surface area contributed by atoms with E-state index in [4.69, 9.17) is 5.73 Å². The van der Waals surface area contributed by atoms with Gasteiger partial charge in [0.05, 0.1) is 6.04 Å². The number of hydrogen-bond donors (Lipinski definition) is 2. The van der Waals surface area contributed by atoms with Crippen molar-refractivity contribution in [2.45, 2.75) is 33.2 Å². The molecule has 1 aliphatic carbocycles. The maximum absolute atomic E-state index is 6.22. The molecule has 1 atom stereocenters. The number of hydrogen-bond acceptors (Lipinski definition) is 2. The molecule has 2 nitrogen and oxygen atoms in total. The van der Waals surface area contributed by atoms with E-state index in [0.29, 0.717) is 0 Å². The standard InChI is InChI=1S/C14H22N2/c1-4-7-12-8-6-9-13(16-10-5-2)14(15)11(12)3/h4,6-9,14,16H,5,10,15H2,1-3H3/b7-4-. The molecule has 0 amide bonds. The van der Waals surface area contributed by atoms with Crippen molar-refractivity contribution >= 4 is 0 Å². The van der Waals surface area contributed by atoms with E-state index in [-0.39, 0.29) is 6.04 Å². The summed E-state index contributed by atoms with van der Waals surface area (Å²) in [5.41, 5.74) is 9.75. The number of rotatable bonds is 4. The largest absolute Gasteiger partial charge is 0.387 e. The first-order valence-electron chi connectivity index (χ1n) is 5.91. The van der Waals surface area contributed by atoms with Crippen molar-refractivity contribution in [3.8, 4) is 0 Å². The highest BCUT2D eigenvalue weighted by atomic mass is 14.9. The van der Waals surface area contributed by atoms with E-state index >= 15 is 0 Å². The zero-order valence-corrected chi connectivity index (χ0v) is 10.5. The molecule has 0 spiro atoms. The molecule has 0 aromatic rings. The van der Waals surface area contributed by atoms with Crippen molar-refractivity contribution in [2.24, 2.45) is 5.73 Å². The highest BCUT2D eigenvalue weighted by Crippen LogP contribution is 2.18. The molecule has 1 rings (SSSR count). The molecular weight excluding hydrogens is 196 g/mol. The minimum absolute atomic E-state index is 0.0206. The Kier molecular flexibility index (Phi) is 5.06. The van der Waals surface area contributed by atoms with Crippen LogP contribution in [0.15, 0.2) is 47.2 Å². The zero-order valence-electron chi connectivity index (χ0n) is 10.5. The summed E-state index contributed by atoms with van der Waals surface area (Å²) < 4.78 is 0. The van der Waals surface area contributed by atoms with Crippen molar-refractivity contribution in [3.63, 3.8) is 0 Å². The summed E-state index contributed by atoms with van der Waals surface area (Å²) in [4.78, 5) is 0. The Morgan fingerprint density at radius 2 is 2.25 bits per heavy atom. The third-order valence-electron chi connectivity index (χ3n) is 2.73. The van der Waals surface area contributed by atoms with Crippen molar-refractivity contribution in [1.82, 2.24) is 5.32 Å². The van der Waals surface area contributed by atoms with Gasteiger partial charge in [-0.25, -0.2) is 0 Å². The maximum Gasteiger partial charge on any atom is 0.0666 e. The second-order valence-electron chi connectivity index (χ2n) is 4.02. The molecule has 0 bridgehead atoms. The van der Waals surface area contributed by atoms with Crippen LogP contribution in [0.1, 0.15) is 27.2 Å². The fourth-order valence-corrected chi connectivity index (χ4v) is 1.71. The second-order valence-corrected chi connectivity index (χ2v) is 4.02. The fraction of sp³-hybridized carbons (Fsp3) is 0.429. The molecule has 1 unspecified atom stereocenters. The Balaban J connectivity index is 2.89. The van der Waals surface area contributed by atoms with E-state index < -0.39 is 0 Å². The topological polar surface area (TPSA) is 38.0 Å². The van der Waals surface area contributed by atoms with Gasteiger partial charge in [0, 0.05) is 12.2 Å². The van der Waals surface area contributed by atoms with Crippen LogP contribution in [0.25, 0.3) is 0 Å². The lowest BCUT2D eigenvalue weighted by molar-refractivity contribution is 0.703. The predicted molar refractivity (Wildman–Crippen MR) is 71.0 cm³/mol. The molecule has 0 heterocycles. The van der Waals surface area contributed by atoms with Gasteiger partial charge in [0.2, 0.25) is 0 Å². The molecule has 88 valence electrons. The van der Waals surface area contributed by atoms with Crippen LogP contribution in [0.2, 0.25) is 0 Å². The van der Waals surface area contributed by atoms with Crippen molar-refractivity contribution < 1.29 is 0 Å². The Morgan fingerprint density at radius 3 is 2.88 bits per heavy atom.